The van der Waals surface area contributed by atoms with Gasteiger partial charge < -0.3 is 34.4 Å². The molecule has 3 amide bonds. The van der Waals surface area contributed by atoms with Crippen molar-refractivity contribution in [1.82, 2.24) is 44.9 Å². The Kier molecular flexibility index (Phi) is 26.1. The van der Waals surface area contributed by atoms with Gasteiger partial charge in [-0.25, -0.2) is 4.79 Å². The Morgan fingerprint density at radius 3 is 1.26 bits per heavy atom. The lowest BCUT2D eigenvalue weighted by Gasteiger charge is -2.40. The molecular formula is C81H87Cl2N9O8. The maximum absolute atomic E-state index is 15.8. The van der Waals surface area contributed by atoms with Gasteiger partial charge in [0.2, 0.25) is 11.8 Å². The first kappa shape index (κ1) is 72.1. The molecule has 17 nitrogen and oxygen atoms in total. The summed E-state index contributed by atoms with van der Waals surface area (Å²) in [6, 6.07) is 59.5. The SMILES string of the molecule is O=C(O)c1ccc(CN(CCOCCOCCNC(=O)c2ccc(CN(COc3cc(CN(Cc4ccccn4)Cc4ccccn4)cc(CN(Cc4ccccn4)Cc4ccccn4)c3)C(=O)C3(c4ccc(Cl)cc4)CCCCC3)cc2)C(=O)C2(c3ccc(Cl)cc3)CCCCC2)cc1. The zero-order valence-corrected chi connectivity index (χ0v) is 58.0. The summed E-state index contributed by atoms with van der Waals surface area (Å²) >= 11 is 12.8. The van der Waals surface area contributed by atoms with Crippen LogP contribution >= 0.6 is 23.2 Å². The zero-order chi connectivity index (χ0) is 69.4. The molecule has 0 unspecified atom stereocenters. The second kappa shape index (κ2) is 36.2. The minimum atomic E-state index is -1.01. The standard InChI is InChI=1S/C81H87Cl2N9O8/c82-69-31-27-67(28-32-69)80(35-7-1-8-36-80)78(96)91(54-61-21-25-66(26-22-61)77(94)95)44-46-99-48-47-98-45-43-88-76(93)65-23-19-62(20-24-65)55-92(79(97)81(37-9-2-10-38-81)68-29-33-70(83)34-30-68)60-100-75-50-63(52-89(56-71-15-3-11-39-84-71)57-72-16-4-12-40-85-72)49-64(51-75)53-90(58-73-17-5-13-41-86-73)59-74-18-6-14-42-87-74/h3-6,11-34,39-42,49-51H,1-2,7-10,35-38,43-48,52-60H2,(H,88,93)(H,94,95). The summed E-state index contributed by atoms with van der Waals surface area (Å²) < 4.78 is 18.9. The molecule has 0 saturated heterocycles. The van der Waals surface area contributed by atoms with Crippen LogP contribution in [-0.2, 0) is 82.3 Å². The van der Waals surface area contributed by atoms with Crippen LogP contribution in [-0.4, -0.2) is 115 Å². The molecule has 0 atom stereocenters. The number of aromatic nitrogens is 4. The molecule has 2 N–H and O–H groups in total. The van der Waals surface area contributed by atoms with Crippen molar-refractivity contribution in [3.63, 3.8) is 0 Å². The molecule has 518 valence electrons. The number of hydrogen-bond donors (Lipinski definition) is 2. The van der Waals surface area contributed by atoms with Crippen LogP contribution in [0.4, 0.5) is 0 Å². The van der Waals surface area contributed by atoms with Gasteiger partial charge in [0.1, 0.15) is 5.75 Å². The van der Waals surface area contributed by atoms with E-state index in [9.17, 15) is 19.5 Å². The average Bonchev–Trinajstić information content (AvgIpc) is 0.777. The molecule has 0 bridgehead atoms. The number of carboxylic acid groups (broad SMARTS) is 1. The molecule has 19 heteroatoms. The normalized spacial score (nSPS) is 14.1. The maximum Gasteiger partial charge on any atom is 0.335 e. The Morgan fingerprint density at radius 1 is 0.430 bits per heavy atom. The van der Waals surface area contributed by atoms with Crippen LogP contribution in [0.25, 0.3) is 0 Å². The van der Waals surface area contributed by atoms with E-state index in [0.717, 1.165) is 108 Å². The number of pyridine rings is 4. The zero-order valence-electron chi connectivity index (χ0n) is 56.5. The van der Waals surface area contributed by atoms with E-state index in [0.29, 0.717) is 86.6 Å². The number of carbonyl (C=O) groups is 4. The Morgan fingerprint density at radius 2 is 0.840 bits per heavy atom. The lowest BCUT2D eigenvalue weighted by Crippen LogP contribution is -2.49. The van der Waals surface area contributed by atoms with Crippen LogP contribution in [0.3, 0.4) is 0 Å². The lowest BCUT2D eigenvalue weighted by atomic mass is 9.68. The lowest BCUT2D eigenvalue weighted by molar-refractivity contribution is -0.143. The van der Waals surface area contributed by atoms with Gasteiger partial charge in [-0.05, 0) is 168 Å². The largest absolute Gasteiger partial charge is 0.478 e. The quantitative estimate of drug-likeness (QED) is 0.0286. The minimum Gasteiger partial charge on any atom is -0.478 e. The van der Waals surface area contributed by atoms with Crippen LogP contribution < -0.4 is 10.1 Å². The van der Waals surface area contributed by atoms with Crippen LogP contribution in [0.15, 0.2) is 213 Å². The third kappa shape index (κ3) is 20.3. The summed E-state index contributed by atoms with van der Waals surface area (Å²) in [4.78, 5) is 83.0. The highest BCUT2D eigenvalue weighted by molar-refractivity contribution is 6.30. The van der Waals surface area contributed by atoms with Crippen molar-refractivity contribution in [3.8, 4) is 5.75 Å². The van der Waals surface area contributed by atoms with Crippen LogP contribution in [0.5, 0.6) is 5.75 Å². The number of rotatable bonds is 34. The summed E-state index contributed by atoms with van der Waals surface area (Å²) in [5, 5.41) is 13.7. The molecule has 0 spiro atoms. The number of carbonyl (C=O) groups excluding carboxylic acids is 3. The first-order valence-corrected chi connectivity index (χ1v) is 35.4. The topological polar surface area (TPSA) is 193 Å². The van der Waals surface area contributed by atoms with Gasteiger partial charge in [0.15, 0.2) is 6.73 Å². The van der Waals surface area contributed by atoms with E-state index in [1.165, 1.54) is 0 Å². The van der Waals surface area contributed by atoms with Crippen molar-refractivity contribution in [2.75, 3.05) is 46.2 Å². The Labute approximate surface area is 596 Å². The smallest absolute Gasteiger partial charge is 0.335 e. The first-order valence-electron chi connectivity index (χ1n) is 34.6. The van der Waals surface area contributed by atoms with Crippen molar-refractivity contribution >= 4 is 46.9 Å². The molecule has 0 aliphatic heterocycles. The number of ether oxygens (including phenoxy) is 3. The molecule has 9 aromatic rings. The summed E-state index contributed by atoms with van der Waals surface area (Å²) in [6.45, 7) is 5.43. The molecule has 2 saturated carbocycles. The number of halogens is 2. The van der Waals surface area contributed by atoms with Crippen LogP contribution in [0.1, 0.15) is 141 Å². The fourth-order valence-corrected chi connectivity index (χ4v) is 14.1. The van der Waals surface area contributed by atoms with Gasteiger partial charge in [-0.3, -0.25) is 44.1 Å². The molecule has 5 aromatic carbocycles. The third-order valence-corrected chi connectivity index (χ3v) is 19.4. The monoisotopic (exact) mass is 1380 g/mol. The molecule has 2 fully saturated rings. The number of hydrogen-bond acceptors (Lipinski definition) is 13. The van der Waals surface area contributed by atoms with E-state index in [4.69, 9.17) is 57.3 Å². The van der Waals surface area contributed by atoms with Gasteiger partial charge in [0, 0.05) is 106 Å². The highest BCUT2D eigenvalue weighted by atomic mass is 35.5. The second-order valence-electron chi connectivity index (χ2n) is 26.0. The van der Waals surface area contributed by atoms with Gasteiger partial charge >= 0.3 is 5.97 Å². The molecule has 2 aliphatic carbocycles. The maximum atomic E-state index is 15.8. The van der Waals surface area contributed by atoms with E-state index >= 15 is 4.79 Å². The number of nitrogens with one attached hydrogen (secondary N) is 1. The summed E-state index contributed by atoms with van der Waals surface area (Å²) in [5.74, 6) is -0.696. The van der Waals surface area contributed by atoms with E-state index in [-0.39, 0.29) is 69.5 Å². The van der Waals surface area contributed by atoms with Gasteiger partial charge in [-0.15, -0.1) is 0 Å². The summed E-state index contributed by atoms with van der Waals surface area (Å²) in [5.41, 5.74) is 8.36. The molecule has 11 rings (SSSR count). The summed E-state index contributed by atoms with van der Waals surface area (Å²) in [6.07, 6.45) is 15.8. The van der Waals surface area contributed by atoms with Crippen molar-refractivity contribution in [3.05, 3.63) is 290 Å². The number of nitrogens with zero attached hydrogens (tertiary/aromatic N) is 8. The molecule has 100 heavy (non-hydrogen) atoms. The average molecular weight is 1390 g/mol. The number of amides is 3. The van der Waals surface area contributed by atoms with E-state index in [1.54, 1.807) is 36.4 Å². The molecular weight excluding hydrogens is 1300 g/mol. The third-order valence-electron chi connectivity index (χ3n) is 18.8. The minimum absolute atomic E-state index is 0.0121. The van der Waals surface area contributed by atoms with Gasteiger partial charge in [0.25, 0.3) is 5.91 Å². The second-order valence-corrected chi connectivity index (χ2v) is 26.9. The number of aromatic carboxylic acids is 1. The molecule has 4 heterocycles. The Balaban J connectivity index is 0.762. The fraction of sp³-hybridized carbons (Fsp3) is 0.333. The van der Waals surface area contributed by atoms with Crippen molar-refractivity contribution < 1.29 is 38.5 Å². The van der Waals surface area contributed by atoms with Crippen molar-refractivity contribution in [2.24, 2.45) is 0 Å². The highest BCUT2D eigenvalue weighted by Crippen LogP contribution is 2.44. The Hall–Kier alpha value is -9.20. The van der Waals surface area contributed by atoms with E-state index in [1.807, 2.05) is 168 Å². The Bertz CT molecular complexity index is 3850. The van der Waals surface area contributed by atoms with Gasteiger partial charge in [-0.2, -0.15) is 0 Å². The molecule has 2 aliphatic rings. The summed E-state index contributed by atoms with van der Waals surface area (Å²) in [7, 11) is 0. The predicted molar refractivity (Wildman–Crippen MR) is 387 cm³/mol. The number of carboxylic acids is 1. The fourth-order valence-electron chi connectivity index (χ4n) is 13.8. The molecule has 4 aromatic heterocycles. The number of benzene rings is 5. The highest BCUT2D eigenvalue weighted by Gasteiger charge is 2.45. The van der Waals surface area contributed by atoms with Crippen molar-refractivity contribution in [2.45, 2.75) is 127 Å². The van der Waals surface area contributed by atoms with Gasteiger partial charge in [-0.1, -0.05) is 141 Å². The first-order chi connectivity index (χ1) is 48.9. The molecule has 0 radical (unpaired) electrons. The van der Waals surface area contributed by atoms with E-state index in [2.05, 4.69) is 33.3 Å². The van der Waals surface area contributed by atoms with Crippen molar-refractivity contribution in [1.29, 1.82) is 0 Å². The predicted octanol–water partition coefficient (Wildman–Crippen LogP) is 14.6. The van der Waals surface area contributed by atoms with Crippen LogP contribution in [0.2, 0.25) is 10.0 Å². The van der Waals surface area contributed by atoms with E-state index < -0.39 is 16.8 Å². The van der Waals surface area contributed by atoms with Crippen LogP contribution in [0, 0.1) is 0 Å². The van der Waals surface area contributed by atoms with Gasteiger partial charge in [0.05, 0.1) is 65.6 Å².